The molecule has 0 fully saturated rings. The van der Waals surface area contributed by atoms with Gasteiger partial charge in [0.05, 0.1) is 6.10 Å². The lowest BCUT2D eigenvalue weighted by atomic mass is 10.0. The summed E-state index contributed by atoms with van der Waals surface area (Å²) in [5.74, 6) is 0. The van der Waals surface area contributed by atoms with Crippen LogP contribution >= 0.6 is 0 Å². The summed E-state index contributed by atoms with van der Waals surface area (Å²) in [6.45, 7) is 2.56. The Morgan fingerprint density at radius 2 is 1.82 bits per heavy atom. The van der Waals surface area contributed by atoms with E-state index in [1.165, 1.54) is 22.2 Å². The maximum Gasteiger partial charge on any atom is 0.0917 e. The van der Waals surface area contributed by atoms with E-state index in [4.69, 9.17) is 0 Å². The standard InChI is InChI=1S/C19H20N2O/c22-19(14-6-2-1-3-7-14)13-21-11-10-16-15-8-4-5-9-17(15)20-18(16)12-21/h1-9,19-20,22H,10-13H2. The SMILES string of the molecule is OC(CN1CCc2c([nH]c3ccccc23)C1)c1ccccc1. The smallest absolute Gasteiger partial charge is 0.0917 e. The van der Waals surface area contributed by atoms with Crippen LogP contribution in [-0.2, 0) is 13.0 Å². The van der Waals surface area contributed by atoms with Gasteiger partial charge in [-0.1, -0.05) is 48.5 Å². The van der Waals surface area contributed by atoms with Crippen molar-refractivity contribution in [1.29, 1.82) is 0 Å². The van der Waals surface area contributed by atoms with Crippen molar-refractivity contribution in [1.82, 2.24) is 9.88 Å². The molecular formula is C19H20N2O. The van der Waals surface area contributed by atoms with E-state index in [1.54, 1.807) is 0 Å². The highest BCUT2D eigenvalue weighted by atomic mass is 16.3. The lowest BCUT2D eigenvalue weighted by Gasteiger charge is -2.29. The van der Waals surface area contributed by atoms with Gasteiger partial charge in [0.2, 0.25) is 0 Å². The number of hydrogen-bond acceptors (Lipinski definition) is 2. The van der Waals surface area contributed by atoms with Crippen molar-refractivity contribution in [3.8, 4) is 0 Å². The van der Waals surface area contributed by atoms with E-state index in [0.29, 0.717) is 6.54 Å². The van der Waals surface area contributed by atoms with Gasteiger partial charge >= 0.3 is 0 Å². The number of β-amino-alcohol motifs (C(OH)–C–C–N with tert-alkyl or cyclic N) is 1. The van der Waals surface area contributed by atoms with Gasteiger partial charge in [-0.15, -0.1) is 0 Å². The van der Waals surface area contributed by atoms with Crippen LogP contribution in [-0.4, -0.2) is 28.1 Å². The van der Waals surface area contributed by atoms with Crippen LogP contribution in [0.3, 0.4) is 0 Å². The molecule has 3 heteroatoms. The van der Waals surface area contributed by atoms with Crippen molar-refractivity contribution in [2.45, 2.75) is 19.1 Å². The first-order valence-corrected chi connectivity index (χ1v) is 7.85. The Morgan fingerprint density at radius 3 is 2.68 bits per heavy atom. The number of aromatic amines is 1. The van der Waals surface area contributed by atoms with Crippen LogP contribution < -0.4 is 0 Å². The van der Waals surface area contributed by atoms with Crippen molar-refractivity contribution >= 4 is 10.9 Å². The predicted molar refractivity (Wildman–Crippen MR) is 88.7 cm³/mol. The van der Waals surface area contributed by atoms with Crippen molar-refractivity contribution in [2.24, 2.45) is 0 Å². The maximum absolute atomic E-state index is 10.4. The Balaban J connectivity index is 1.52. The highest BCUT2D eigenvalue weighted by molar-refractivity contribution is 5.84. The van der Waals surface area contributed by atoms with Crippen LogP contribution in [0.5, 0.6) is 0 Å². The molecular weight excluding hydrogens is 272 g/mol. The Labute approximate surface area is 130 Å². The van der Waals surface area contributed by atoms with E-state index in [1.807, 2.05) is 30.3 Å². The molecule has 22 heavy (non-hydrogen) atoms. The van der Waals surface area contributed by atoms with Gasteiger partial charge < -0.3 is 10.1 Å². The third-order valence-corrected chi connectivity index (χ3v) is 4.58. The lowest BCUT2D eigenvalue weighted by molar-refractivity contribution is 0.105. The molecule has 0 saturated heterocycles. The van der Waals surface area contributed by atoms with Crippen LogP contribution in [0.1, 0.15) is 22.9 Å². The minimum absolute atomic E-state index is 0.424. The van der Waals surface area contributed by atoms with E-state index in [-0.39, 0.29) is 0 Å². The molecule has 0 spiro atoms. The number of aliphatic hydroxyl groups excluding tert-OH is 1. The first kappa shape index (κ1) is 13.6. The molecule has 1 aromatic heterocycles. The average molecular weight is 292 g/mol. The van der Waals surface area contributed by atoms with Gasteiger partial charge in [0.25, 0.3) is 0 Å². The molecule has 2 heterocycles. The Bertz CT molecular complexity index is 778. The number of rotatable bonds is 3. The number of nitrogens with zero attached hydrogens (tertiary/aromatic N) is 1. The van der Waals surface area contributed by atoms with Crippen molar-refractivity contribution in [3.63, 3.8) is 0 Å². The Morgan fingerprint density at radius 1 is 1.05 bits per heavy atom. The number of H-pyrrole nitrogens is 1. The summed E-state index contributed by atoms with van der Waals surface area (Å²) in [5, 5.41) is 11.8. The maximum atomic E-state index is 10.4. The fourth-order valence-electron chi connectivity index (χ4n) is 3.43. The molecule has 0 aliphatic carbocycles. The molecule has 0 bridgehead atoms. The summed E-state index contributed by atoms with van der Waals surface area (Å²) in [6.07, 6.45) is 0.619. The Hall–Kier alpha value is -2.10. The monoisotopic (exact) mass is 292 g/mol. The second kappa shape index (κ2) is 5.59. The first-order valence-electron chi connectivity index (χ1n) is 7.85. The van der Waals surface area contributed by atoms with Crippen LogP contribution in [0.25, 0.3) is 10.9 Å². The second-order valence-corrected chi connectivity index (χ2v) is 6.04. The summed E-state index contributed by atoms with van der Waals surface area (Å²) in [6, 6.07) is 18.4. The number of nitrogens with one attached hydrogen (secondary N) is 1. The van der Waals surface area contributed by atoms with E-state index < -0.39 is 6.10 Å². The van der Waals surface area contributed by atoms with Crippen LogP contribution in [0, 0.1) is 0 Å². The van der Waals surface area contributed by atoms with Crippen molar-refractivity contribution in [3.05, 3.63) is 71.4 Å². The van der Waals surface area contributed by atoms with Crippen molar-refractivity contribution < 1.29 is 5.11 Å². The van der Waals surface area contributed by atoms with Crippen molar-refractivity contribution in [2.75, 3.05) is 13.1 Å². The first-order chi connectivity index (χ1) is 10.8. The summed E-state index contributed by atoms with van der Waals surface area (Å²) < 4.78 is 0. The zero-order chi connectivity index (χ0) is 14.9. The molecule has 1 aliphatic rings. The molecule has 0 radical (unpaired) electrons. The van der Waals surface area contributed by atoms with Gasteiger partial charge in [-0.25, -0.2) is 0 Å². The normalized spacial score (nSPS) is 16.6. The highest BCUT2D eigenvalue weighted by Crippen LogP contribution is 2.28. The fraction of sp³-hybridized carbons (Fsp3) is 0.263. The molecule has 1 atom stereocenters. The Kier molecular flexibility index (Phi) is 3.45. The molecule has 112 valence electrons. The average Bonchev–Trinajstić information content (AvgIpc) is 2.93. The number of para-hydroxylation sites is 1. The quantitative estimate of drug-likeness (QED) is 0.778. The molecule has 2 N–H and O–H groups in total. The summed E-state index contributed by atoms with van der Waals surface area (Å²) >= 11 is 0. The van der Waals surface area contributed by atoms with Gasteiger partial charge in [0.1, 0.15) is 0 Å². The molecule has 3 aromatic rings. The van der Waals surface area contributed by atoms with E-state index in [0.717, 1.165) is 25.1 Å². The highest BCUT2D eigenvalue weighted by Gasteiger charge is 2.22. The number of hydrogen-bond donors (Lipinski definition) is 2. The zero-order valence-corrected chi connectivity index (χ0v) is 12.5. The molecule has 3 nitrogen and oxygen atoms in total. The molecule has 1 unspecified atom stereocenters. The van der Waals surface area contributed by atoms with Gasteiger partial charge in [-0.2, -0.15) is 0 Å². The fourth-order valence-corrected chi connectivity index (χ4v) is 3.43. The zero-order valence-electron chi connectivity index (χ0n) is 12.5. The number of aliphatic hydroxyl groups is 1. The van der Waals surface area contributed by atoms with Crippen LogP contribution in [0.2, 0.25) is 0 Å². The molecule has 4 rings (SSSR count). The molecule has 1 aliphatic heterocycles. The van der Waals surface area contributed by atoms with Crippen LogP contribution in [0.15, 0.2) is 54.6 Å². The summed E-state index contributed by atoms with van der Waals surface area (Å²) in [4.78, 5) is 5.86. The number of benzene rings is 2. The number of fused-ring (bicyclic) bond motifs is 3. The third kappa shape index (κ3) is 2.43. The molecule has 0 saturated carbocycles. The van der Waals surface area contributed by atoms with E-state index in [2.05, 4.69) is 34.1 Å². The van der Waals surface area contributed by atoms with E-state index in [9.17, 15) is 5.11 Å². The lowest BCUT2D eigenvalue weighted by Crippen LogP contribution is -2.33. The third-order valence-electron chi connectivity index (χ3n) is 4.58. The predicted octanol–water partition coefficient (Wildman–Crippen LogP) is 3.26. The molecule has 0 amide bonds. The molecule has 2 aromatic carbocycles. The van der Waals surface area contributed by atoms with Gasteiger partial charge in [0.15, 0.2) is 0 Å². The minimum Gasteiger partial charge on any atom is -0.387 e. The summed E-state index contributed by atoms with van der Waals surface area (Å²) in [7, 11) is 0. The second-order valence-electron chi connectivity index (χ2n) is 6.04. The van der Waals surface area contributed by atoms with Gasteiger partial charge in [-0.3, -0.25) is 4.90 Å². The topological polar surface area (TPSA) is 39.3 Å². The van der Waals surface area contributed by atoms with Gasteiger partial charge in [0, 0.05) is 36.2 Å². The summed E-state index contributed by atoms with van der Waals surface area (Å²) in [5.41, 5.74) is 4.96. The largest absolute Gasteiger partial charge is 0.387 e. The van der Waals surface area contributed by atoms with Crippen LogP contribution in [0.4, 0.5) is 0 Å². The van der Waals surface area contributed by atoms with E-state index >= 15 is 0 Å². The van der Waals surface area contributed by atoms with Gasteiger partial charge in [-0.05, 0) is 23.6 Å². The minimum atomic E-state index is -0.424. The number of aromatic nitrogens is 1.